The standard InChI is InChI=1S/C21H17F3N2O3/c1-12-8-9-18(13(2)10-12)29-20(28)19-17(27)11-14(3)26(25-19)16-7-5-4-6-15(16)21(22,23)24/h4-11H,1-3H3. The summed E-state index contributed by atoms with van der Waals surface area (Å²) in [5.41, 5.74) is -0.790. The van der Waals surface area contributed by atoms with Gasteiger partial charge < -0.3 is 4.74 Å². The van der Waals surface area contributed by atoms with E-state index in [2.05, 4.69) is 5.10 Å². The van der Waals surface area contributed by atoms with Gasteiger partial charge in [-0.2, -0.15) is 18.3 Å². The maximum atomic E-state index is 13.4. The topological polar surface area (TPSA) is 61.2 Å². The Morgan fingerprint density at radius 1 is 1.03 bits per heavy atom. The largest absolute Gasteiger partial charge is 0.421 e. The second-order valence-electron chi connectivity index (χ2n) is 6.58. The molecule has 2 aromatic carbocycles. The van der Waals surface area contributed by atoms with Crippen LogP contribution in [0.3, 0.4) is 0 Å². The van der Waals surface area contributed by atoms with E-state index in [0.717, 1.165) is 22.4 Å². The van der Waals surface area contributed by atoms with E-state index in [1.807, 2.05) is 6.92 Å². The molecule has 1 heterocycles. The molecule has 5 nitrogen and oxygen atoms in total. The number of ether oxygens (including phenoxy) is 1. The lowest BCUT2D eigenvalue weighted by Crippen LogP contribution is -2.26. The average Bonchev–Trinajstić information content (AvgIpc) is 2.63. The van der Waals surface area contributed by atoms with Crippen molar-refractivity contribution in [2.24, 2.45) is 0 Å². The van der Waals surface area contributed by atoms with E-state index in [4.69, 9.17) is 4.74 Å². The Morgan fingerprint density at radius 3 is 2.38 bits per heavy atom. The number of carbonyl (C=O) groups excluding carboxylic acids is 1. The fourth-order valence-corrected chi connectivity index (χ4v) is 2.89. The highest BCUT2D eigenvalue weighted by Crippen LogP contribution is 2.33. The quantitative estimate of drug-likeness (QED) is 0.481. The summed E-state index contributed by atoms with van der Waals surface area (Å²) >= 11 is 0. The predicted octanol–water partition coefficient (Wildman–Crippen LogP) is 4.40. The molecular weight excluding hydrogens is 385 g/mol. The molecule has 0 bridgehead atoms. The van der Waals surface area contributed by atoms with Crippen molar-refractivity contribution in [1.29, 1.82) is 0 Å². The molecule has 8 heteroatoms. The van der Waals surface area contributed by atoms with Gasteiger partial charge in [0.1, 0.15) is 5.75 Å². The molecule has 0 unspecified atom stereocenters. The van der Waals surface area contributed by atoms with Crippen molar-refractivity contribution in [2.75, 3.05) is 0 Å². The van der Waals surface area contributed by atoms with Gasteiger partial charge in [0.05, 0.1) is 11.3 Å². The summed E-state index contributed by atoms with van der Waals surface area (Å²) in [5.74, 6) is -0.801. The van der Waals surface area contributed by atoms with E-state index in [1.54, 1.807) is 25.1 Å². The van der Waals surface area contributed by atoms with Gasteiger partial charge in [-0.25, -0.2) is 9.48 Å². The number of halogens is 3. The van der Waals surface area contributed by atoms with E-state index in [1.165, 1.54) is 25.1 Å². The number of alkyl halides is 3. The zero-order valence-electron chi connectivity index (χ0n) is 15.9. The lowest BCUT2D eigenvalue weighted by atomic mass is 10.1. The molecule has 3 aromatic rings. The molecule has 29 heavy (non-hydrogen) atoms. The number of rotatable bonds is 3. The van der Waals surface area contributed by atoms with E-state index in [-0.39, 0.29) is 17.1 Å². The molecular formula is C21H17F3N2O3. The van der Waals surface area contributed by atoms with Crippen LogP contribution in [0.2, 0.25) is 0 Å². The van der Waals surface area contributed by atoms with Crippen LogP contribution in [0, 0.1) is 20.8 Å². The number of nitrogens with zero attached hydrogens (tertiary/aromatic N) is 2. The summed E-state index contributed by atoms with van der Waals surface area (Å²) in [7, 11) is 0. The number of carbonyl (C=O) groups is 1. The minimum atomic E-state index is -4.63. The van der Waals surface area contributed by atoms with Crippen molar-refractivity contribution in [3.05, 3.63) is 86.8 Å². The lowest BCUT2D eigenvalue weighted by Gasteiger charge is -2.16. The Kier molecular flexibility index (Phi) is 5.28. The van der Waals surface area contributed by atoms with Gasteiger partial charge in [-0.3, -0.25) is 4.79 Å². The molecule has 1 aromatic heterocycles. The number of hydrogen-bond donors (Lipinski definition) is 0. The Hall–Kier alpha value is -3.42. The smallest absolute Gasteiger partial charge is 0.418 e. The highest BCUT2D eigenvalue weighted by atomic mass is 19.4. The van der Waals surface area contributed by atoms with Crippen molar-refractivity contribution in [1.82, 2.24) is 9.78 Å². The third-order valence-corrected chi connectivity index (χ3v) is 4.27. The monoisotopic (exact) mass is 402 g/mol. The number of aryl methyl sites for hydroxylation is 3. The first-order valence-electron chi connectivity index (χ1n) is 8.65. The highest BCUT2D eigenvalue weighted by molar-refractivity contribution is 5.89. The fourth-order valence-electron chi connectivity index (χ4n) is 2.89. The predicted molar refractivity (Wildman–Crippen MR) is 100 cm³/mol. The van der Waals surface area contributed by atoms with Crippen LogP contribution in [-0.4, -0.2) is 15.7 Å². The Morgan fingerprint density at radius 2 is 1.72 bits per heavy atom. The van der Waals surface area contributed by atoms with Crippen LogP contribution in [0.25, 0.3) is 5.69 Å². The maximum Gasteiger partial charge on any atom is 0.418 e. The molecule has 0 N–H and O–H groups in total. The number of para-hydroxylation sites is 1. The summed E-state index contributed by atoms with van der Waals surface area (Å²) in [6.07, 6.45) is -4.63. The SMILES string of the molecule is Cc1ccc(OC(=O)c2nn(-c3ccccc3C(F)(F)F)c(C)cc2=O)c(C)c1. The first-order valence-corrected chi connectivity index (χ1v) is 8.65. The summed E-state index contributed by atoms with van der Waals surface area (Å²) in [5, 5.41) is 3.89. The third kappa shape index (κ3) is 4.21. The summed E-state index contributed by atoms with van der Waals surface area (Å²) in [4.78, 5) is 24.8. The lowest BCUT2D eigenvalue weighted by molar-refractivity contribution is -0.137. The van der Waals surface area contributed by atoms with Gasteiger partial charge in [-0.15, -0.1) is 0 Å². The van der Waals surface area contributed by atoms with E-state index in [0.29, 0.717) is 5.56 Å². The minimum absolute atomic E-state index is 0.148. The second-order valence-corrected chi connectivity index (χ2v) is 6.58. The third-order valence-electron chi connectivity index (χ3n) is 4.27. The average molecular weight is 402 g/mol. The molecule has 0 amide bonds. The number of esters is 1. The summed E-state index contributed by atoms with van der Waals surface area (Å²) < 4.78 is 46.3. The normalized spacial score (nSPS) is 11.4. The molecule has 0 radical (unpaired) electrons. The molecule has 0 saturated heterocycles. The van der Waals surface area contributed by atoms with Crippen LogP contribution < -0.4 is 10.2 Å². The highest BCUT2D eigenvalue weighted by Gasteiger charge is 2.34. The van der Waals surface area contributed by atoms with Crippen LogP contribution in [0.1, 0.15) is 32.9 Å². The molecule has 150 valence electrons. The second kappa shape index (κ2) is 7.54. The summed E-state index contributed by atoms with van der Waals surface area (Å²) in [6, 6.07) is 10.9. The van der Waals surface area contributed by atoms with Crippen LogP contribution in [-0.2, 0) is 6.18 Å². The van der Waals surface area contributed by atoms with Crippen LogP contribution in [0.4, 0.5) is 13.2 Å². The molecule has 0 spiro atoms. The first-order chi connectivity index (χ1) is 13.6. The zero-order chi connectivity index (χ0) is 21.3. The van der Waals surface area contributed by atoms with E-state index in [9.17, 15) is 22.8 Å². The van der Waals surface area contributed by atoms with Crippen molar-refractivity contribution in [3.8, 4) is 11.4 Å². The van der Waals surface area contributed by atoms with Gasteiger partial charge in [-0.1, -0.05) is 29.8 Å². The maximum absolute atomic E-state index is 13.4. The van der Waals surface area contributed by atoms with Gasteiger partial charge in [-0.05, 0) is 44.5 Å². The van der Waals surface area contributed by atoms with Crippen LogP contribution >= 0.6 is 0 Å². The molecule has 0 aliphatic carbocycles. The number of hydrogen-bond acceptors (Lipinski definition) is 4. The molecule has 0 fully saturated rings. The fraction of sp³-hybridized carbons (Fsp3) is 0.190. The Labute approximate surface area is 164 Å². The van der Waals surface area contributed by atoms with Crippen LogP contribution in [0.15, 0.2) is 53.3 Å². The van der Waals surface area contributed by atoms with E-state index >= 15 is 0 Å². The molecule has 3 rings (SSSR count). The first kappa shape index (κ1) is 20.3. The van der Waals surface area contributed by atoms with Gasteiger partial charge in [0.2, 0.25) is 11.1 Å². The van der Waals surface area contributed by atoms with Crippen molar-refractivity contribution in [2.45, 2.75) is 26.9 Å². The molecule has 0 aliphatic rings. The molecule has 0 atom stereocenters. The van der Waals surface area contributed by atoms with Gasteiger partial charge >= 0.3 is 12.1 Å². The van der Waals surface area contributed by atoms with Crippen LogP contribution in [0.5, 0.6) is 5.75 Å². The Bertz CT molecular complexity index is 1150. The van der Waals surface area contributed by atoms with Crippen molar-refractivity contribution in [3.63, 3.8) is 0 Å². The van der Waals surface area contributed by atoms with Gasteiger partial charge in [0, 0.05) is 11.8 Å². The minimum Gasteiger partial charge on any atom is -0.421 e. The Balaban J connectivity index is 2.08. The summed E-state index contributed by atoms with van der Waals surface area (Å²) in [6.45, 7) is 5.04. The van der Waals surface area contributed by atoms with Crippen molar-refractivity contribution < 1.29 is 22.7 Å². The molecule has 0 aliphatic heterocycles. The molecule has 0 saturated carbocycles. The van der Waals surface area contributed by atoms with E-state index < -0.39 is 28.8 Å². The van der Waals surface area contributed by atoms with Crippen molar-refractivity contribution >= 4 is 5.97 Å². The number of benzene rings is 2. The van der Waals surface area contributed by atoms with Gasteiger partial charge in [0.25, 0.3) is 0 Å². The number of aromatic nitrogens is 2. The zero-order valence-corrected chi connectivity index (χ0v) is 15.9. The van der Waals surface area contributed by atoms with Gasteiger partial charge in [0.15, 0.2) is 0 Å².